The molecule has 6 amide bonds. The number of aromatic nitrogens is 3. The maximum Gasteiger partial charge on any atom is 0.272 e. The summed E-state index contributed by atoms with van der Waals surface area (Å²) in [6.07, 6.45) is 24.8. The van der Waals surface area contributed by atoms with E-state index in [2.05, 4.69) is 215 Å². The fraction of sp³-hybridized carbons (Fsp3) is 0.837. The fourth-order valence-electron chi connectivity index (χ4n) is 12.8. The first-order valence-corrected chi connectivity index (χ1v) is 41.5. The minimum Gasteiger partial charge on any atom is -0.394 e. The number of carbonyl (C=O) groups is 6. The van der Waals surface area contributed by atoms with Crippen LogP contribution in [0.5, 0.6) is 0 Å². The van der Waals surface area contributed by atoms with Crippen LogP contribution in [0, 0.1) is 70.5 Å². The standard InChI is InChI=1S/C14H25NO.C13H25NO.C11H16N2O.C11H21NO3.C10H17N3O.C9H17NO.6C3H8/c1-4-15-10-9-14(13(15)16)8-6-5-7-12(14)11(2)3;1-9(2)11-7-5-6-8-12(11)13(15)14-10(3)4;1-4-13-11(14)9-5-6-12-7-10(9)8(2)3;1-7(2)9-5-15-6-10(9)11(14)12-8(3)4-13;1-5-11-10(14)9-8(7(2)3)6-13(4)12-9;1-4-10-9(11)8-5-7(8)6(2)3;6*1-3-2/h11-12H,4-10H2,1-3H3;9-12H,5-8H2,1-4H3,(H,14,15);5-8H,4H2,1-3H3,(H,13,14);7-10,13H,4-6H2,1-3H3,(H,12,14);6-7H,5H2,1-4H3,(H,11,14);6-8H,4-5H2,1-3H3,(H,10,11);6*3H2,1-2H3. The van der Waals surface area contributed by atoms with Crippen LogP contribution in [0.25, 0.3) is 0 Å². The summed E-state index contributed by atoms with van der Waals surface area (Å²) in [7, 11) is 1.83. The molecule has 2 aromatic rings. The summed E-state index contributed by atoms with van der Waals surface area (Å²) in [6.45, 7) is 70.2. The molecule has 4 heterocycles. The number of hydrogen-bond acceptors (Lipinski definition) is 10. The summed E-state index contributed by atoms with van der Waals surface area (Å²) in [5.41, 5.74) is 3.31. The highest BCUT2D eigenvalue weighted by molar-refractivity contribution is 5.95. The number of rotatable bonds is 18. The number of ether oxygens (including phenoxy) is 1. The number of nitrogens with one attached hydrogen (secondary N) is 5. The lowest BCUT2D eigenvalue weighted by Gasteiger charge is -2.42. The van der Waals surface area contributed by atoms with Crippen molar-refractivity contribution in [2.45, 2.75) is 341 Å². The topological polar surface area (TPSA) is 226 Å². The van der Waals surface area contributed by atoms with Gasteiger partial charge in [-0.3, -0.25) is 38.4 Å². The molecule has 0 bridgehead atoms. The van der Waals surface area contributed by atoms with Crippen LogP contribution < -0.4 is 26.6 Å². The Bertz CT molecular complexity index is 2410. The number of pyridine rings is 1. The van der Waals surface area contributed by atoms with Crippen LogP contribution in [0.15, 0.2) is 24.7 Å². The fourth-order valence-corrected chi connectivity index (χ4v) is 12.8. The molecule has 2 aromatic heterocycles. The van der Waals surface area contributed by atoms with Crippen LogP contribution in [-0.2, 0) is 31.0 Å². The number of hydrogen-bond donors (Lipinski definition) is 6. The largest absolute Gasteiger partial charge is 0.394 e. The van der Waals surface area contributed by atoms with E-state index in [1.54, 1.807) is 30.1 Å². The van der Waals surface area contributed by atoms with Gasteiger partial charge in [0.1, 0.15) is 0 Å². The van der Waals surface area contributed by atoms with E-state index in [0.29, 0.717) is 103 Å². The van der Waals surface area contributed by atoms with E-state index in [9.17, 15) is 28.8 Å². The van der Waals surface area contributed by atoms with Gasteiger partial charge in [-0.1, -0.05) is 230 Å². The predicted octanol–water partition coefficient (Wildman–Crippen LogP) is 19.6. The average Bonchev–Trinajstić information content (AvgIpc) is 1.65. The van der Waals surface area contributed by atoms with Crippen molar-refractivity contribution >= 4 is 35.4 Å². The van der Waals surface area contributed by atoms with Gasteiger partial charge in [-0.05, 0) is 158 Å². The Kier molecular flexibility index (Phi) is 66.6. The molecule has 17 nitrogen and oxygen atoms in total. The molecule has 17 heteroatoms. The Morgan fingerprint density at radius 3 is 1.45 bits per heavy atom. The molecule has 1 spiro atoms. The van der Waals surface area contributed by atoms with Gasteiger partial charge in [0.05, 0.1) is 31.2 Å². The van der Waals surface area contributed by atoms with Crippen LogP contribution in [0.1, 0.15) is 361 Å². The van der Waals surface area contributed by atoms with Gasteiger partial charge >= 0.3 is 0 Å². The van der Waals surface area contributed by atoms with Crippen LogP contribution in [0.4, 0.5) is 0 Å². The van der Waals surface area contributed by atoms with Gasteiger partial charge in [0.25, 0.3) is 11.8 Å². The van der Waals surface area contributed by atoms with Crippen molar-refractivity contribution in [1.82, 2.24) is 46.2 Å². The predicted molar refractivity (Wildman–Crippen MR) is 440 cm³/mol. The average molecular weight is 1460 g/mol. The van der Waals surface area contributed by atoms with Crippen molar-refractivity contribution in [3.05, 3.63) is 47.0 Å². The van der Waals surface area contributed by atoms with E-state index in [1.807, 2.05) is 47.9 Å². The van der Waals surface area contributed by atoms with Crippen LogP contribution in [-0.4, -0.2) is 125 Å². The molecule has 3 aliphatic carbocycles. The van der Waals surface area contributed by atoms with E-state index in [1.165, 1.54) is 77.0 Å². The molecule has 6 N–H and O–H groups in total. The van der Waals surface area contributed by atoms with Crippen LogP contribution in [0.2, 0.25) is 0 Å². The molecule has 2 saturated heterocycles. The Labute approximate surface area is 635 Å². The number of nitrogens with zero attached hydrogens (tertiary/aromatic N) is 4. The molecule has 0 radical (unpaired) electrons. The van der Waals surface area contributed by atoms with Gasteiger partial charge in [-0.25, -0.2) is 0 Å². The van der Waals surface area contributed by atoms with E-state index in [0.717, 1.165) is 62.0 Å². The normalized spacial score (nSPS) is 20.5. The monoisotopic (exact) mass is 1460 g/mol. The summed E-state index contributed by atoms with van der Waals surface area (Å²) >= 11 is 0. The van der Waals surface area contributed by atoms with Crippen molar-refractivity contribution in [3.63, 3.8) is 0 Å². The number of amides is 6. The zero-order chi connectivity index (χ0) is 80.5. The second kappa shape index (κ2) is 64.3. The lowest BCUT2D eigenvalue weighted by Crippen LogP contribution is -2.43. The SMILES string of the molecule is CC(C)NC(=O)C1CCCCC1C(C)C.CC(CO)NC(=O)C1COCC1C(C)C.CCC.CCC.CCC.CCC.CCC.CCC.CCN1CCC2(CCCCC2C(C)C)C1=O.CCNC(=O)C1CC1C(C)C.CCNC(=O)c1ccncc1C(C)C.CCNC(=O)c1nn(C)cc1C(C)C. The van der Waals surface area contributed by atoms with E-state index in [-0.39, 0.29) is 65.5 Å². The minimum absolute atomic E-state index is 0.00718. The smallest absolute Gasteiger partial charge is 0.272 e. The lowest BCUT2D eigenvalue weighted by atomic mass is 9.61. The third-order valence-electron chi connectivity index (χ3n) is 17.7. The number of aryl methyl sites for hydroxylation is 1. The molecule has 3 saturated carbocycles. The summed E-state index contributed by atoms with van der Waals surface area (Å²) in [5.74, 6) is 6.67. The molecular formula is C86H169N9O8. The van der Waals surface area contributed by atoms with Crippen molar-refractivity contribution in [1.29, 1.82) is 0 Å². The number of carbonyl (C=O) groups excluding carboxylic acids is 6. The summed E-state index contributed by atoms with van der Waals surface area (Å²) in [5, 5.41) is 27.3. The first-order valence-electron chi connectivity index (χ1n) is 41.5. The highest BCUT2D eigenvalue weighted by Gasteiger charge is 2.53. The second-order valence-corrected chi connectivity index (χ2v) is 31.0. The molecule has 9 unspecified atom stereocenters. The Balaban J connectivity index is -0.000000356. The molecule has 7 rings (SSSR count). The quantitative estimate of drug-likeness (QED) is 0.0828. The number of aliphatic hydroxyl groups is 1. The maximum absolute atomic E-state index is 12.6. The molecule has 5 aliphatic rings. The molecule has 0 aromatic carbocycles. The first kappa shape index (κ1) is 107. The maximum atomic E-state index is 12.6. The highest BCUT2D eigenvalue weighted by Crippen LogP contribution is 2.51. The molecule has 2 aliphatic heterocycles. The summed E-state index contributed by atoms with van der Waals surface area (Å²) in [4.78, 5) is 76.9. The van der Waals surface area contributed by atoms with Crippen molar-refractivity contribution in [2.75, 3.05) is 52.5 Å². The third-order valence-corrected chi connectivity index (χ3v) is 17.7. The zero-order valence-corrected chi connectivity index (χ0v) is 73.0. The van der Waals surface area contributed by atoms with Gasteiger partial charge in [0.2, 0.25) is 23.6 Å². The Morgan fingerprint density at radius 1 is 0.544 bits per heavy atom. The highest BCUT2D eigenvalue weighted by atomic mass is 16.5. The summed E-state index contributed by atoms with van der Waals surface area (Å²) < 4.78 is 7.02. The molecular weight excluding hydrogens is 1290 g/mol. The van der Waals surface area contributed by atoms with Gasteiger partial charge in [-0.15, -0.1) is 0 Å². The van der Waals surface area contributed by atoms with Gasteiger partial charge < -0.3 is 41.3 Å². The first-order chi connectivity index (χ1) is 48.6. The third kappa shape index (κ3) is 44.7. The summed E-state index contributed by atoms with van der Waals surface area (Å²) in [6, 6.07) is 1.86. The van der Waals surface area contributed by atoms with Crippen LogP contribution >= 0.6 is 0 Å². The van der Waals surface area contributed by atoms with Gasteiger partial charge in [0, 0.05) is 93.4 Å². The van der Waals surface area contributed by atoms with E-state index >= 15 is 0 Å². The second-order valence-electron chi connectivity index (χ2n) is 31.0. The van der Waals surface area contributed by atoms with Crippen molar-refractivity contribution in [3.8, 4) is 0 Å². The van der Waals surface area contributed by atoms with Gasteiger partial charge in [0.15, 0.2) is 5.69 Å². The van der Waals surface area contributed by atoms with Crippen LogP contribution in [0.3, 0.4) is 0 Å². The number of aliphatic hydroxyl groups excluding tert-OH is 1. The van der Waals surface area contributed by atoms with E-state index in [4.69, 9.17) is 9.84 Å². The van der Waals surface area contributed by atoms with Gasteiger partial charge in [-0.2, -0.15) is 5.10 Å². The van der Waals surface area contributed by atoms with E-state index < -0.39 is 0 Å². The number of likely N-dealkylation sites (tertiary alicyclic amines) is 1. The molecule has 103 heavy (non-hydrogen) atoms. The lowest BCUT2D eigenvalue weighted by molar-refractivity contribution is -0.142. The Hall–Kier alpha value is -4.90. The molecule has 5 fully saturated rings. The molecule has 606 valence electrons. The Morgan fingerprint density at radius 2 is 1.02 bits per heavy atom. The van der Waals surface area contributed by atoms with Crippen molar-refractivity contribution in [2.24, 2.45) is 77.6 Å². The minimum atomic E-state index is -0.175. The van der Waals surface area contributed by atoms with Crippen molar-refractivity contribution < 1.29 is 38.6 Å². The zero-order valence-electron chi connectivity index (χ0n) is 73.0. The molecule has 9 atom stereocenters.